The zero-order chi connectivity index (χ0) is 18.0. The normalized spacial score (nSPS) is 10.8. The Morgan fingerprint density at radius 1 is 1.32 bits per heavy atom. The molecule has 0 bridgehead atoms. The molecule has 0 amide bonds. The lowest BCUT2D eigenvalue weighted by Crippen LogP contribution is -2.23. The maximum Gasteiger partial charge on any atom is 0.345 e. The Morgan fingerprint density at radius 3 is 2.80 bits per heavy atom. The average Bonchev–Trinajstić information content (AvgIpc) is 2.98. The first-order chi connectivity index (χ1) is 12.0. The van der Waals surface area contributed by atoms with Gasteiger partial charge in [0.1, 0.15) is 22.9 Å². The number of halogens is 1. The van der Waals surface area contributed by atoms with Gasteiger partial charge in [0.05, 0.1) is 24.4 Å². The SMILES string of the molecule is CCOC(=O)c1c(NCc2ccc(C)o2)c2cc(F)ccc2[nH]c1=O. The minimum atomic E-state index is -0.770. The van der Waals surface area contributed by atoms with Gasteiger partial charge in [0.25, 0.3) is 5.56 Å². The number of rotatable bonds is 5. The van der Waals surface area contributed by atoms with Gasteiger partial charge in [0, 0.05) is 5.39 Å². The molecule has 0 aliphatic carbocycles. The van der Waals surface area contributed by atoms with Crippen LogP contribution in [0.4, 0.5) is 10.1 Å². The molecule has 3 rings (SSSR count). The number of benzene rings is 1. The molecule has 130 valence electrons. The Hall–Kier alpha value is -3.09. The first-order valence-electron chi connectivity index (χ1n) is 7.81. The number of H-pyrrole nitrogens is 1. The quantitative estimate of drug-likeness (QED) is 0.693. The van der Waals surface area contributed by atoms with Crippen LogP contribution >= 0.6 is 0 Å². The van der Waals surface area contributed by atoms with Crippen molar-refractivity contribution >= 4 is 22.6 Å². The summed E-state index contributed by atoms with van der Waals surface area (Å²) in [6, 6.07) is 7.52. The van der Waals surface area contributed by atoms with Crippen LogP contribution in [0, 0.1) is 12.7 Å². The van der Waals surface area contributed by atoms with E-state index in [9.17, 15) is 14.0 Å². The number of aromatic amines is 1. The Morgan fingerprint density at radius 2 is 2.12 bits per heavy atom. The summed E-state index contributed by atoms with van der Waals surface area (Å²) < 4.78 is 24.2. The third-order valence-corrected chi connectivity index (χ3v) is 3.69. The third-order valence-electron chi connectivity index (χ3n) is 3.69. The van der Waals surface area contributed by atoms with Crippen molar-refractivity contribution in [3.63, 3.8) is 0 Å². The van der Waals surface area contributed by atoms with Crippen molar-refractivity contribution in [1.29, 1.82) is 0 Å². The van der Waals surface area contributed by atoms with Crippen molar-refractivity contribution in [2.45, 2.75) is 20.4 Å². The van der Waals surface area contributed by atoms with E-state index < -0.39 is 17.3 Å². The number of nitrogens with one attached hydrogen (secondary N) is 2. The van der Waals surface area contributed by atoms with Gasteiger partial charge in [-0.3, -0.25) is 4.79 Å². The maximum absolute atomic E-state index is 13.7. The third kappa shape index (κ3) is 3.40. The molecule has 2 aromatic heterocycles. The number of anilines is 1. The van der Waals surface area contributed by atoms with Crippen LogP contribution < -0.4 is 10.9 Å². The van der Waals surface area contributed by atoms with Crippen LogP contribution in [0.25, 0.3) is 10.9 Å². The summed E-state index contributed by atoms with van der Waals surface area (Å²) in [5.74, 6) is 0.112. The van der Waals surface area contributed by atoms with Gasteiger partial charge in [-0.25, -0.2) is 9.18 Å². The zero-order valence-electron chi connectivity index (χ0n) is 13.8. The monoisotopic (exact) mass is 344 g/mol. The first kappa shape index (κ1) is 16.8. The minimum Gasteiger partial charge on any atom is -0.465 e. The predicted octanol–water partition coefficient (Wildman–Crippen LogP) is 3.36. The number of aryl methyl sites for hydroxylation is 1. The number of carbonyl (C=O) groups is 1. The predicted molar refractivity (Wildman–Crippen MR) is 91.3 cm³/mol. The summed E-state index contributed by atoms with van der Waals surface area (Å²) in [6.07, 6.45) is 0. The molecule has 2 heterocycles. The van der Waals surface area contributed by atoms with Crippen molar-refractivity contribution in [3.05, 3.63) is 63.6 Å². The van der Waals surface area contributed by atoms with E-state index >= 15 is 0 Å². The van der Waals surface area contributed by atoms with Gasteiger partial charge in [0.15, 0.2) is 0 Å². The van der Waals surface area contributed by atoms with Crippen molar-refractivity contribution in [2.24, 2.45) is 0 Å². The molecular formula is C18H17FN2O4. The topological polar surface area (TPSA) is 84.3 Å². The molecule has 0 atom stereocenters. The number of hydrogen-bond acceptors (Lipinski definition) is 5. The number of carbonyl (C=O) groups excluding carboxylic acids is 1. The average molecular weight is 344 g/mol. The van der Waals surface area contributed by atoms with Gasteiger partial charge in [-0.1, -0.05) is 0 Å². The minimum absolute atomic E-state index is 0.121. The van der Waals surface area contributed by atoms with E-state index in [0.29, 0.717) is 16.7 Å². The van der Waals surface area contributed by atoms with E-state index in [1.54, 1.807) is 19.1 Å². The van der Waals surface area contributed by atoms with Crippen LogP contribution in [0.5, 0.6) is 0 Å². The molecule has 25 heavy (non-hydrogen) atoms. The highest BCUT2D eigenvalue weighted by molar-refractivity contribution is 6.04. The second-order valence-corrected chi connectivity index (χ2v) is 5.48. The summed E-state index contributed by atoms with van der Waals surface area (Å²) in [6.45, 7) is 3.81. The van der Waals surface area contributed by atoms with Gasteiger partial charge in [0.2, 0.25) is 0 Å². The van der Waals surface area contributed by atoms with Gasteiger partial charge in [-0.15, -0.1) is 0 Å². The Balaban J connectivity index is 2.13. The van der Waals surface area contributed by atoms with Crippen molar-refractivity contribution in [3.8, 4) is 0 Å². The summed E-state index contributed by atoms with van der Waals surface area (Å²) in [5, 5.41) is 3.39. The molecule has 0 fully saturated rings. The highest BCUT2D eigenvalue weighted by Crippen LogP contribution is 2.26. The smallest absolute Gasteiger partial charge is 0.345 e. The molecule has 0 radical (unpaired) electrons. The number of fused-ring (bicyclic) bond motifs is 1. The van der Waals surface area contributed by atoms with E-state index in [-0.39, 0.29) is 24.4 Å². The largest absolute Gasteiger partial charge is 0.465 e. The molecular weight excluding hydrogens is 327 g/mol. The lowest BCUT2D eigenvalue weighted by Gasteiger charge is -2.13. The van der Waals surface area contributed by atoms with E-state index in [1.165, 1.54) is 18.2 Å². The fourth-order valence-corrected chi connectivity index (χ4v) is 2.60. The molecule has 0 saturated heterocycles. The van der Waals surface area contributed by atoms with Gasteiger partial charge in [-0.2, -0.15) is 0 Å². The van der Waals surface area contributed by atoms with E-state index in [4.69, 9.17) is 9.15 Å². The highest BCUT2D eigenvalue weighted by Gasteiger charge is 2.21. The molecule has 0 aliphatic rings. The van der Waals surface area contributed by atoms with E-state index in [0.717, 1.165) is 5.76 Å². The molecule has 0 aliphatic heterocycles. The number of furan rings is 1. The van der Waals surface area contributed by atoms with Crippen LogP contribution in [0.3, 0.4) is 0 Å². The van der Waals surface area contributed by atoms with Crippen LogP contribution in [0.15, 0.2) is 39.5 Å². The summed E-state index contributed by atoms with van der Waals surface area (Å²) in [5.41, 5.74) is -0.165. The zero-order valence-corrected chi connectivity index (χ0v) is 13.8. The second-order valence-electron chi connectivity index (χ2n) is 5.48. The Labute approximate surface area is 142 Å². The lowest BCUT2D eigenvalue weighted by molar-refractivity contribution is 0.0525. The fraction of sp³-hybridized carbons (Fsp3) is 0.222. The number of hydrogen-bond donors (Lipinski definition) is 2. The van der Waals surface area contributed by atoms with Crippen LogP contribution in [-0.2, 0) is 11.3 Å². The van der Waals surface area contributed by atoms with E-state index in [1.807, 2.05) is 6.92 Å². The summed E-state index contributed by atoms with van der Waals surface area (Å²) in [7, 11) is 0. The first-order valence-corrected chi connectivity index (χ1v) is 7.81. The Kier molecular flexibility index (Phi) is 4.56. The number of pyridine rings is 1. The number of aromatic nitrogens is 1. The van der Waals surface area contributed by atoms with Crippen LogP contribution in [0.2, 0.25) is 0 Å². The number of ether oxygens (including phenoxy) is 1. The lowest BCUT2D eigenvalue weighted by atomic mass is 10.1. The summed E-state index contributed by atoms with van der Waals surface area (Å²) >= 11 is 0. The highest BCUT2D eigenvalue weighted by atomic mass is 19.1. The Bertz CT molecular complexity index is 990. The van der Waals surface area contributed by atoms with Crippen molar-refractivity contribution < 1.29 is 18.3 Å². The van der Waals surface area contributed by atoms with Crippen LogP contribution in [-0.4, -0.2) is 17.6 Å². The molecule has 6 nitrogen and oxygen atoms in total. The second kappa shape index (κ2) is 6.80. The molecule has 1 aromatic carbocycles. The van der Waals surface area contributed by atoms with Gasteiger partial charge >= 0.3 is 5.97 Å². The van der Waals surface area contributed by atoms with Crippen molar-refractivity contribution in [2.75, 3.05) is 11.9 Å². The fourth-order valence-electron chi connectivity index (χ4n) is 2.60. The summed E-state index contributed by atoms with van der Waals surface area (Å²) in [4.78, 5) is 27.2. The molecule has 3 aromatic rings. The van der Waals surface area contributed by atoms with E-state index in [2.05, 4.69) is 10.3 Å². The van der Waals surface area contributed by atoms with Gasteiger partial charge in [-0.05, 0) is 44.2 Å². The number of esters is 1. The van der Waals surface area contributed by atoms with Gasteiger partial charge < -0.3 is 19.5 Å². The maximum atomic E-state index is 13.7. The standard InChI is InChI=1S/C18H17FN2O4/c1-3-24-18(23)15-16(20-9-12-6-4-10(2)25-12)13-8-11(19)5-7-14(13)21-17(15)22/h4-8H,3,9H2,1-2H3,(H2,20,21,22). The van der Waals surface area contributed by atoms with Crippen molar-refractivity contribution in [1.82, 2.24) is 4.98 Å². The van der Waals surface area contributed by atoms with Crippen LogP contribution in [0.1, 0.15) is 28.8 Å². The molecule has 7 heteroatoms. The molecule has 0 spiro atoms. The molecule has 0 saturated carbocycles. The molecule has 2 N–H and O–H groups in total. The molecule has 0 unspecified atom stereocenters.